The Morgan fingerprint density at radius 3 is 2.71 bits per heavy atom. The largest absolute Gasteiger partial charge is 0.328 e. The first-order chi connectivity index (χ1) is 13.5. The van der Waals surface area contributed by atoms with E-state index in [2.05, 4.69) is 4.98 Å². The quantitative estimate of drug-likeness (QED) is 0.393. The highest BCUT2D eigenvalue weighted by atomic mass is 16.6. The number of fused-ring (bicyclic) bond motifs is 3. The third-order valence-electron chi connectivity index (χ3n) is 5.25. The molecule has 28 heavy (non-hydrogen) atoms. The summed E-state index contributed by atoms with van der Waals surface area (Å²) in [4.78, 5) is 43.7. The molecule has 2 aromatic carbocycles. The summed E-state index contributed by atoms with van der Waals surface area (Å²) in [6.07, 6.45) is 0.0186. The molecular formula is C19H15N5O4. The van der Waals surface area contributed by atoms with E-state index in [0.717, 1.165) is 15.9 Å². The summed E-state index contributed by atoms with van der Waals surface area (Å²) in [6, 6.07) is 12.7. The van der Waals surface area contributed by atoms with Gasteiger partial charge in [0.1, 0.15) is 6.04 Å². The van der Waals surface area contributed by atoms with Crippen molar-refractivity contribution in [3.8, 4) is 0 Å². The molecule has 140 valence electrons. The van der Waals surface area contributed by atoms with Gasteiger partial charge >= 0.3 is 0 Å². The van der Waals surface area contributed by atoms with Gasteiger partial charge in [-0.25, -0.2) is 9.88 Å². The molecule has 0 spiro atoms. The standard InChI is InChI=1S/C19H15N5O4/c25-17-11-16(18(26)23(17)12-4-3-5-13(10-12)24(27)28)22-9-8-21-15-7-2-1-6-14(15)20-19(21)22/h1-7,10,16H,8-9,11H2. The number of benzene rings is 2. The number of nitro groups is 1. The lowest BCUT2D eigenvalue weighted by molar-refractivity contribution is -0.384. The number of carbonyl (C=O) groups excluding carboxylic acids is 2. The van der Waals surface area contributed by atoms with Gasteiger partial charge in [0.05, 0.1) is 28.1 Å². The first-order valence-electron chi connectivity index (χ1n) is 8.88. The second kappa shape index (κ2) is 5.88. The minimum absolute atomic E-state index is 0.0186. The SMILES string of the molecule is O=C1CC(N2CCn3c2nc2ccccc23)C(=O)N1c1cccc([N+](=O)[O-])c1. The molecule has 3 aromatic rings. The van der Waals surface area contributed by atoms with Crippen molar-refractivity contribution in [3.63, 3.8) is 0 Å². The molecule has 0 aliphatic carbocycles. The second-order valence-electron chi connectivity index (χ2n) is 6.81. The molecule has 2 aliphatic heterocycles. The van der Waals surface area contributed by atoms with Crippen LogP contribution in [0.5, 0.6) is 0 Å². The maximum Gasteiger partial charge on any atom is 0.271 e. The van der Waals surface area contributed by atoms with Gasteiger partial charge in [-0.1, -0.05) is 18.2 Å². The maximum absolute atomic E-state index is 13.1. The summed E-state index contributed by atoms with van der Waals surface area (Å²) in [6.45, 7) is 1.27. The van der Waals surface area contributed by atoms with Crippen LogP contribution in [-0.2, 0) is 16.1 Å². The van der Waals surface area contributed by atoms with Gasteiger partial charge in [-0.3, -0.25) is 19.7 Å². The summed E-state index contributed by atoms with van der Waals surface area (Å²) in [5.41, 5.74) is 1.89. The Kier molecular flexibility index (Phi) is 3.45. The molecule has 9 heteroatoms. The third kappa shape index (κ3) is 2.29. The molecule has 1 saturated heterocycles. The molecule has 3 heterocycles. The van der Waals surface area contributed by atoms with Crippen molar-refractivity contribution in [2.24, 2.45) is 0 Å². The van der Waals surface area contributed by atoms with Crippen LogP contribution in [-0.4, -0.2) is 38.9 Å². The number of imide groups is 1. The lowest BCUT2D eigenvalue weighted by Gasteiger charge is -2.22. The van der Waals surface area contributed by atoms with Crippen LogP contribution in [0.15, 0.2) is 48.5 Å². The van der Waals surface area contributed by atoms with Crippen LogP contribution < -0.4 is 9.80 Å². The van der Waals surface area contributed by atoms with Crippen LogP contribution >= 0.6 is 0 Å². The van der Waals surface area contributed by atoms with Crippen molar-refractivity contribution in [1.29, 1.82) is 0 Å². The van der Waals surface area contributed by atoms with Gasteiger partial charge in [0.15, 0.2) is 0 Å². The van der Waals surface area contributed by atoms with Gasteiger partial charge in [0.2, 0.25) is 11.9 Å². The number of para-hydroxylation sites is 2. The van der Waals surface area contributed by atoms with Crippen molar-refractivity contribution in [1.82, 2.24) is 9.55 Å². The lowest BCUT2D eigenvalue weighted by Crippen LogP contribution is -2.41. The van der Waals surface area contributed by atoms with E-state index in [9.17, 15) is 19.7 Å². The molecule has 0 radical (unpaired) electrons. The van der Waals surface area contributed by atoms with Crippen LogP contribution in [0, 0.1) is 10.1 Å². The molecule has 9 nitrogen and oxygen atoms in total. The number of anilines is 2. The molecule has 5 rings (SSSR count). The van der Waals surface area contributed by atoms with Gasteiger partial charge in [0.25, 0.3) is 11.6 Å². The molecule has 1 unspecified atom stereocenters. The van der Waals surface area contributed by atoms with Crippen LogP contribution in [0.25, 0.3) is 11.0 Å². The topological polar surface area (TPSA) is 102 Å². The molecule has 2 amide bonds. The van der Waals surface area contributed by atoms with Gasteiger partial charge in [0, 0.05) is 25.2 Å². The fourth-order valence-electron chi connectivity index (χ4n) is 3.98. The highest BCUT2D eigenvalue weighted by Gasteiger charge is 2.45. The smallest absolute Gasteiger partial charge is 0.271 e. The van der Waals surface area contributed by atoms with E-state index in [4.69, 9.17) is 0 Å². The molecule has 0 N–H and O–H groups in total. The van der Waals surface area contributed by atoms with Gasteiger partial charge in [-0.2, -0.15) is 0 Å². The van der Waals surface area contributed by atoms with Gasteiger partial charge in [-0.15, -0.1) is 0 Å². The predicted molar refractivity (Wildman–Crippen MR) is 101 cm³/mol. The molecule has 2 aliphatic rings. The van der Waals surface area contributed by atoms with Crippen LogP contribution in [0.3, 0.4) is 0 Å². The predicted octanol–water partition coefficient (Wildman–Crippen LogP) is 2.10. The molecular weight excluding hydrogens is 362 g/mol. The van der Waals surface area contributed by atoms with Crippen molar-refractivity contribution in [2.75, 3.05) is 16.3 Å². The van der Waals surface area contributed by atoms with E-state index in [0.29, 0.717) is 19.0 Å². The number of carbonyl (C=O) groups is 2. The van der Waals surface area contributed by atoms with Crippen molar-refractivity contribution in [3.05, 3.63) is 58.6 Å². The lowest BCUT2D eigenvalue weighted by atomic mass is 10.2. The summed E-state index contributed by atoms with van der Waals surface area (Å²) < 4.78 is 2.04. The second-order valence-corrected chi connectivity index (χ2v) is 6.81. The van der Waals surface area contributed by atoms with E-state index in [1.165, 1.54) is 24.3 Å². The maximum atomic E-state index is 13.1. The zero-order chi connectivity index (χ0) is 19.4. The number of aromatic nitrogens is 2. The van der Waals surface area contributed by atoms with Crippen molar-refractivity contribution >= 4 is 40.2 Å². The number of amides is 2. The van der Waals surface area contributed by atoms with Gasteiger partial charge < -0.3 is 9.47 Å². The van der Waals surface area contributed by atoms with Crippen molar-refractivity contribution < 1.29 is 14.5 Å². The zero-order valence-corrected chi connectivity index (χ0v) is 14.7. The molecule has 1 fully saturated rings. The Balaban J connectivity index is 1.49. The minimum Gasteiger partial charge on any atom is -0.328 e. The Hall–Kier alpha value is -3.75. The monoisotopic (exact) mass is 377 g/mol. The molecule has 0 saturated carbocycles. The minimum atomic E-state index is -0.662. The summed E-state index contributed by atoms with van der Waals surface area (Å²) in [7, 11) is 0. The Morgan fingerprint density at radius 2 is 1.89 bits per heavy atom. The Bertz CT molecular complexity index is 1150. The number of hydrogen-bond donors (Lipinski definition) is 0. The first kappa shape index (κ1) is 16.4. The third-order valence-corrected chi connectivity index (χ3v) is 5.25. The van der Waals surface area contributed by atoms with Crippen LogP contribution in [0.2, 0.25) is 0 Å². The van der Waals surface area contributed by atoms with E-state index >= 15 is 0 Å². The highest BCUT2D eigenvalue weighted by molar-refractivity contribution is 6.23. The van der Waals surface area contributed by atoms with Gasteiger partial charge in [-0.05, 0) is 18.2 Å². The number of nitro benzene ring substituents is 1. The Morgan fingerprint density at radius 1 is 1.07 bits per heavy atom. The Labute approximate surface area is 158 Å². The number of hydrogen-bond acceptors (Lipinski definition) is 6. The summed E-state index contributed by atoms with van der Waals surface area (Å²) in [5.74, 6) is -0.0793. The van der Waals surface area contributed by atoms with E-state index in [-0.39, 0.29) is 29.6 Å². The fourth-order valence-corrected chi connectivity index (χ4v) is 3.98. The summed E-state index contributed by atoms with van der Waals surface area (Å²) >= 11 is 0. The average Bonchev–Trinajstić information content (AvgIpc) is 3.33. The number of non-ortho nitro benzene ring substituents is 1. The first-order valence-corrected chi connectivity index (χ1v) is 8.88. The normalized spacial score (nSPS) is 18.9. The molecule has 1 aromatic heterocycles. The fraction of sp³-hybridized carbons (Fsp3) is 0.211. The van der Waals surface area contributed by atoms with Crippen molar-refractivity contribution in [2.45, 2.75) is 19.0 Å². The summed E-state index contributed by atoms with van der Waals surface area (Å²) in [5, 5.41) is 11.0. The van der Waals surface area contributed by atoms with E-state index in [1.807, 2.05) is 33.7 Å². The molecule has 0 bridgehead atoms. The molecule has 1 atom stereocenters. The van der Waals surface area contributed by atoms with E-state index in [1.54, 1.807) is 0 Å². The van der Waals surface area contributed by atoms with E-state index < -0.39 is 11.0 Å². The zero-order valence-electron chi connectivity index (χ0n) is 14.7. The number of rotatable bonds is 3. The average molecular weight is 377 g/mol. The number of nitrogens with zero attached hydrogens (tertiary/aromatic N) is 5. The number of imidazole rings is 1. The van der Waals surface area contributed by atoms with Crippen LogP contribution in [0.4, 0.5) is 17.3 Å². The van der Waals surface area contributed by atoms with Crippen LogP contribution in [0.1, 0.15) is 6.42 Å². The highest BCUT2D eigenvalue weighted by Crippen LogP contribution is 2.34.